The molecule has 1 aliphatic heterocycles. The molecule has 1 aromatic rings. The van der Waals surface area contributed by atoms with Crippen LogP contribution in [0.1, 0.15) is 37.0 Å². The van der Waals surface area contributed by atoms with E-state index in [9.17, 15) is 0 Å². The number of hydrogen-bond acceptors (Lipinski definition) is 1. The molecule has 0 spiro atoms. The summed E-state index contributed by atoms with van der Waals surface area (Å²) in [5.74, 6) is 2.95. The average Bonchev–Trinajstić information content (AvgIpc) is 3.15. The van der Waals surface area contributed by atoms with E-state index in [-0.39, 0.29) is 7.43 Å². The predicted molar refractivity (Wildman–Crippen MR) is 147 cm³/mol. The van der Waals surface area contributed by atoms with Crippen LogP contribution in [-0.2, 0) is 17.0 Å². The number of fused-ring (bicyclic) bond motifs is 1. The molecule has 4 unspecified atom stereocenters. The van der Waals surface area contributed by atoms with Crippen LogP contribution in [0.2, 0.25) is 18.6 Å². The minimum absolute atomic E-state index is 0. The Balaban J connectivity index is 0.000000914. The first-order valence-electron chi connectivity index (χ1n) is 12.0. The second-order valence-corrected chi connectivity index (χ2v) is 17.8. The molecule has 2 nitrogen and oxygen atoms in total. The van der Waals surface area contributed by atoms with Crippen molar-refractivity contribution in [1.82, 2.24) is 4.57 Å². The van der Waals surface area contributed by atoms with Crippen molar-refractivity contribution in [2.24, 2.45) is 23.7 Å². The van der Waals surface area contributed by atoms with Crippen LogP contribution >= 0.6 is 18.6 Å². The van der Waals surface area contributed by atoms with Crippen molar-refractivity contribution in [2.75, 3.05) is 26.2 Å². The summed E-state index contributed by atoms with van der Waals surface area (Å²) >= 11 is -0.556. The van der Waals surface area contributed by atoms with Crippen molar-refractivity contribution in [1.29, 1.82) is 0 Å². The van der Waals surface area contributed by atoms with Crippen molar-refractivity contribution in [3.8, 4) is 0 Å². The van der Waals surface area contributed by atoms with Crippen molar-refractivity contribution < 1.29 is 17.0 Å². The van der Waals surface area contributed by atoms with Crippen LogP contribution in [0.25, 0.3) is 10.9 Å². The fourth-order valence-corrected chi connectivity index (χ4v) is 11.3. The van der Waals surface area contributed by atoms with E-state index in [1.54, 1.807) is 5.57 Å². The van der Waals surface area contributed by atoms with E-state index in [2.05, 4.69) is 87.1 Å². The van der Waals surface area contributed by atoms with Crippen LogP contribution in [-0.4, -0.2) is 39.0 Å². The first-order valence-corrected chi connectivity index (χ1v) is 19.3. The Bertz CT molecular complexity index is 813. The van der Waals surface area contributed by atoms with Gasteiger partial charge in [0.05, 0.1) is 0 Å². The number of halogens is 2. The Labute approximate surface area is 221 Å². The van der Waals surface area contributed by atoms with Crippen LogP contribution in [0.15, 0.2) is 36.4 Å². The fraction of sp³-hybridized carbons (Fsp3) is 0.593. The molecule has 0 N–H and O–H groups in total. The first kappa shape index (κ1) is 29.4. The number of benzene rings is 1. The third-order valence-corrected chi connectivity index (χ3v) is 12.5. The van der Waals surface area contributed by atoms with Gasteiger partial charge in [-0.3, -0.25) is 0 Å². The van der Waals surface area contributed by atoms with Gasteiger partial charge in [0.2, 0.25) is 0 Å². The van der Waals surface area contributed by atoms with Crippen molar-refractivity contribution in [3.05, 3.63) is 65.9 Å². The van der Waals surface area contributed by atoms with Crippen molar-refractivity contribution >= 4 is 32.4 Å². The molecule has 1 saturated carbocycles. The Hall–Kier alpha value is 0.131. The van der Waals surface area contributed by atoms with Crippen LogP contribution < -0.4 is 0 Å². The molecule has 1 saturated heterocycles. The molecule has 1 heterocycles. The Kier molecular flexibility index (Phi) is 11.5. The summed E-state index contributed by atoms with van der Waals surface area (Å²) in [6.45, 7) is 19.2. The number of allylic oxidation sites excluding steroid dienone is 4. The standard InChI is InChI=1S/C26H39N2Si.CH3.2ClH.Ti/c1-18(2)24-17-25-22(21-15-19(3)14-20(4)16-21)8-7-9-23(25)26(24)29(5,6)28-12-10-27-11-13-28;;;;/h7-9,14-16,18,23-26H,10-13,17H2,1-6H3;1H3;2*1H;/q2*-1;;;+2/p-2. The Morgan fingerprint density at radius 1 is 1.06 bits per heavy atom. The normalized spacial score (nSPS) is 27.2. The van der Waals surface area contributed by atoms with Gasteiger partial charge in [0.15, 0.2) is 0 Å². The molecule has 3 aliphatic rings. The maximum atomic E-state index is 4.89. The van der Waals surface area contributed by atoms with Gasteiger partial charge >= 0.3 is 35.6 Å². The Morgan fingerprint density at radius 2 is 1.64 bits per heavy atom. The molecule has 33 heavy (non-hydrogen) atoms. The van der Waals surface area contributed by atoms with E-state index >= 15 is 0 Å². The van der Waals surface area contributed by atoms with Gasteiger partial charge in [0.25, 0.3) is 0 Å². The zero-order valence-electron chi connectivity index (χ0n) is 21.5. The molecule has 0 bridgehead atoms. The third kappa shape index (κ3) is 6.67. The molecule has 184 valence electrons. The molecular weight excluding hydrogens is 499 g/mol. The number of nitrogens with zero attached hydrogens (tertiary/aromatic N) is 2. The molecule has 1 aromatic carbocycles. The second kappa shape index (κ2) is 12.9. The Morgan fingerprint density at radius 3 is 2.18 bits per heavy atom. The zero-order chi connectivity index (χ0) is 23.5. The number of piperazine rings is 1. The minimum atomic E-state index is -1.56. The van der Waals surface area contributed by atoms with Gasteiger partial charge < -0.3 is 17.3 Å². The van der Waals surface area contributed by atoms with Crippen LogP contribution in [0.5, 0.6) is 0 Å². The third-order valence-electron chi connectivity index (χ3n) is 7.97. The van der Waals surface area contributed by atoms with Gasteiger partial charge in [-0.05, 0) is 73.7 Å². The van der Waals surface area contributed by atoms with Crippen LogP contribution in [0, 0.1) is 44.9 Å². The van der Waals surface area contributed by atoms with Gasteiger partial charge in [-0.2, -0.15) is 0 Å². The fourth-order valence-electron chi connectivity index (χ4n) is 6.66. The van der Waals surface area contributed by atoms with E-state index in [0.717, 1.165) is 30.5 Å². The molecule has 6 heteroatoms. The monoisotopic (exact) mass is 540 g/mol. The van der Waals surface area contributed by atoms with Crippen molar-refractivity contribution in [3.63, 3.8) is 0 Å². The number of hydrogen-bond donors (Lipinski definition) is 0. The molecule has 4 atom stereocenters. The summed E-state index contributed by atoms with van der Waals surface area (Å²) in [5, 5.41) is 4.63. The quantitative estimate of drug-likeness (QED) is 0.277. The summed E-state index contributed by atoms with van der Waals surface area (Å²) < 4.78 is 2.88. The summed E-state index contributed by atoms with van der Waals surface area (Å²) in [7, 11) is 8.22. The molecule has 0 amide bonds. The van der Waals surface area contributed by atoms with E-state index in [4.69, 9.17) is 18.6 Å². The van der Waals surface area contributed by atoms with Gasteiger partial charge in [-0.15, -0.1) is 13.1 Å². The van der Waals surface area contributed by atoms with Gasteiger partial charge in [-0.1, -0.05) is 74.5 Å². The number of rotatable bonds is 4. The SMILES string of the molecule is Cc1cc(C)cc(C2=CC=CC3C2CC(C(C)C)C3[Si](C)(C)N2CC[N-]CC2)c1.[CH3-].[Cl][Ti][Cl]. The van der Waals surface area contributed by atoms with E-state index in [1.807, 2.05) is 0 Å². The van der Waals surface area contributed by atoms with Crippen molar-refractivity contribution in [2.45, 2.75) is 52.8 Å². The van der Waals surface area contributed by atoms with E-state index in [0.29, 0.717) is 11.8 Å². The molecule has 4 rings (SSSR count). The predicted octanol–water partition coefficient (Wildman–Crippen LogP) is 8.26. The summed E-state index contributed by atoms with van der Waals surface area (Å²) in [6.07, 6.45) is 8.72. The number of aryl methyl sites for hydroxylation is 2. The maximum absolute atomic E-state index is 4.89. The average molecular weight is 542 g/mol. The topological polar surface area (TPSA) is 17.3 Å². The molecule has 0 radical (unpaired) electrons. The first-order chi connectivity index (χ1) is 15.2. The van der Waals surface area contributed by atoms with Crippen LogP contribution in [0.3, 0.4) is 0 Å². The summed E-state index contributed by atoms with van der Waals surface area (Å²) in [4.78, 5) is 0. The summed E-state index contributed by atoms with van der Waals surface area (Å²) in [6, 6.07) is 7.11. The second-order valence-electron chi connectivity index (χ2n) is 10.6. The zero-order valence-corrected chi connectivity index (χ0v) is 25.6. The summed E-state index contributed by atoms with van der Waals surface area (Å²) in [5.41, 5.74) is 6.65. The van der Waals surface area contributed by atoms with Gasteiger partial charge in [0.1, 0.15) is 8.24 Å². The molecular formula is C27H42Cl2N2SiTi-2. The molecule has 2 aliphatic carbocycles. The van der Waals surface area contributed by atoms with E-state index in [1.165, 1.54) is 36.2 Å². The van der Waals surface area contributed by atoms with Crippen LogP contribution in [0.4, 0.5) is 0 Å². The van der Waals surface area contributed by atoms with Gasteiger partial charge in [0, 0.05) is 0 Å². The van der Waals surface area contributed by atoms with E-state index < -0.39 is 25.3 Å². The molecule has 0 aromatic heterocycles. The van der Waals surface area contributed by atoms with Gasteiger partial charge in [-0.25, -0.2) is 0 Å². The molecule has 2 fully saturated rings.